The third kappa shape index (κ3) is 3.44. The van der Waals surface area contributed by atoms with Crippen LogP contribution in [0.1, 0.15) is 23.2 Å². The van der Waals surface area contributed by atoms with Gasteiger partial charge in [0.05, 0.1) is 17.1 Å². The number of phenols is 1. The van der Waals surface area contributed by atoms with Crippen LogP contribution in [0.4, 0.5) is 4.39 Å². The topological polar surface area (TPSA) is 83.5 Å². The number of carbonyl (C=O) groups excluding carboxylic acids is 1. The Morgan fingerprint density at radius 3 is 2.79 bits per heavy atom. The molecule has 19 heavy (non-hydrogen) atoms. The van der Waals surface area contributed by atoms with E-state index in [-0.39, 0.29) is 17.1 Å². The lowest BCUT2D eigenvalue weighted by Gasteiger charge is -2.23. The molecule has 2 N–H and O–H groups in total. The van der Waals surface area contributed by atoms with Gasteiger partial charge in [-0.1, -0.05) is 0 Å². The highest BCUT2D eigenvalue weighted by atomic mass is 32.2. The van der Waals surface area contributed by atoms with Crippen molar-refractivity contribution in [2.24, 2.45) is 0 Å². The molecule has 0 saturated carbocycles. The number of halogens is 1. The Morgan fingerprint density at radius 1 is 1.42 bits per heavy atom. The van der Waals surface area contributed by atoms with E-state index in [0.29, 0.717) is 12.8 Å². The molecule has 1 saturated heterocycles. The molecule has 5 nitrogen and oxygen atoms in total. The van der Waals surface area contributed by atoms with Crippen LogP contribution in [0.15, 0.2) is 18.2 Å². The molecule has 0 aliphatic carbocycles. The van der Waals surface area contributed by atoms with E-state index in [1.807, 2.05) is 0 Å². The fraction of sp³-hybridized carbons (Fsp3) is 0.417. The molecule has 0 aromatic heterocycles. The maximum Gasteiger partial charge on any atom is 0.255 e. The molecular weight excluding hydrogens is 273 g/mol. The molecule has 1 aliphatic heterocycles. The van der Waals surface area contributed by atoms with Crippen LogP contribution in [0, 0.1) is 5.82 Å². The molecule has 0 spiro atoms. The molecule has 1 heterocycles. The molecule has 7 heteroatoms. The van der Waals surface area contributed by atoms with Crippen LogP contribution in [-0.2, 0) is 9.84 Å². The van der Waals surface area contributed by atoms with Gasteiger partial charge in [0.1, 0.15) is 11.6 Å². The molecule has 1 aromatic rings. The van der Waals surface area contributed by atoms with Crippen LogP contribution in [-0.4, -0.2) is 37.0 Å². The maximum atomic E-state index is 12.8. The molecule has 1 aromatic carbocycles. The van der Waals surface area contributed by atoms with E-state index in [1.165, 1.54) is 0 Å². The Morgan fingerprint density at radius 2 is 2.16 bits per heavy atom. The molecule has 1 unspecified atom stereocenters. The Hall–Kier alpha value is -1.63. The van der Waals surface area contributed by atoms with E-state index >= 15 is 0 Å². The summed E-state index contributed by atoms with van der Waals surface area (Å²) in [5, 5.41) is 12.0. The summed E-state index contributed by atoms with van der Waals surface area (Å²) in [6, 6.07) is 2.60. The zero-order valence-electron chi connectivity index (χ0n) is 10.1. The number of phenolic OH excluding ortho intramolecular Hbond substituents is 1. The van der Waals surface area contributed by atoms with E-state index in [9.17, 15) is 22.7 Å². The Balaban J connectivity index is 2.09. The van der Waals surface area contributed by atoms with Gasteiger partial charge in [-0.3, -0.25) is 4.79 Å². The predicted molar refractivity (Wildman–Crippen MR) is 67.2 cm³/mol. The second-order valence-electron chi connectivity index (χ2n) is 4.59. The number of hydrogen-bond acceptors (Lipinski definition) is 4. The molecule has 1 amide bonds. The van der Waals surface area contributed by atoms with Gasteiger partial charge in [-0.15, -0.1) is 0 Å². The third-order valence-electron chi connectivity index (χ3n) is 3.00. The Labute approximate surface area is 110 Å². The zero-order chi connectivity index (χ0) is 14.0. The van der Waals surface area contributed by atoms with Crippen LogP contribution >= 0.6 is 0 Å². The van der Waals surface area contributed by atoms with Crippen molar-refractivity contribution in [3.63, 3.8) is 0 Å². The number of nitrogens with one attached hydrogen (secondary N) is 1. The fourth-order valence-electron chi connectivity index (χ4n) is 2.10. The lowest BCUT2D eigenvalue weighted by Crippen LogP contribution is -2.43. The van der Waals surface area contributed by atoms with Crippen molar-refractivity contribution < 1.29 is 22.7 Å². The summed E-state index contributed by atoms with van der Waals surface area (Å²) in [6.07, 6.45) is 1.08. The van der Waals surface area contributed by atoms with Gasteiger partial charge in [0, 0.05) is 12.1 Å². The van der Waals surface area contributed by atoms with Crippen LogP contribution in [0.25, 0.3) is 0 Å². The molecule has 0 bridgehead atoms. The Kier molecular flexibility index (Phi) is 3.75. The summed E-state index contributed by atoms with van der Waals surface area (Å²) >= 11 is 0. The number of sulfone groups is 1. The second-order valence-corrected chi connectivity index (χ2v) is 6.82. The predicted octanol–water partition coefficient (Wildman–Crippen LogP) is 0.838. The van der Waals surface area contributed by atoms with Crippen LogP contribution < -0.4 is 5.32 Å². The van der Waals surface area contributed by atoms with Gasteiger partial charge in [-0.2, -0.15) is 0 Å². The minimum atomic E-state index is -3.11. The molecule has 1 aliphatic rings. The summed E-state index contributed by atoms with van der Waals surface area (Å²) in [7, 11) is -3.11. The molecule has 1 atom stereocenters. The zero-order valence-corrected chi connectivity index (χ0v) is 10.9. The molecule has 0 radical (unpaired) electrons. The standard InChI is InChI=1S/C12H14FNO4S/c13-8-3-4-10(11(15)6-8)12(16)14-9-2-1-5-19(17,18)7-9/h3-4,6,9,15H,1-2,5,7H2,(H,14,16). The minimum absolute atomic E-state index is 0.0654. The number of rotatable bonds is 2. The first-order chi connectivity index (χ1) is 8.87. The largest absolute Gasteiger partial charge is 0.507 e. The van der Waals surface area contributed by atoms with Gasteiger partial charge in [0.25, 0.3) is 5.91 Å². The molecule has 1 fully saturated rings. The van der Waals surface area contributed by atoms with Gasteiger partial charge >= 0.3 is 0 Å². The Bertz CT molecular complexity index is 600. The average Bonchev–Trinajstić information content (AvgIpc) is 2.27. The SMILES string of the molecule is O=C(NC1CCCS(=O)(=O)C1)c1ccc(F)cc1O. The smallest absolute Gasteiger partial charge is 0.255 e. The van der Waals surface area contributed by atoms with Gasteiger partial charge in [0.2, 0.25) is 0 Å². The number of amides is 1. The summed E-state index contributed by atoms with van der Waals surface area (Å²) in [5.41, 5.74) is -0.0654. The highest BCUT2D eigenvalue weighted by molar-refractivity contribution is 7.91. The molecule has 104 valence electrons. The molecule has 2 rings (SSSR count). The average molecular weight is 287 g/mol. The van der Waals surface area contributed by atoms with Crippen LogP contribution in [0.2, 0.25) is 0 Å². The second kappa shape index (κ2) is 5.16. The first-order valence-electron chi connectivity index (χ1n) is 5.87. The van der Waals surface area contributed by atoms with Crippen LogP contribution in [0.5, 0.6) is 5.75 Å². The lowest BCUT2D eigenvalue weighted by molar-refractivity contribution is 0.0935. The van der Waals surface area contributed by atoms with Gasteiger partial charge in [0.15, 0.2) is 9.84 Å². The normalized spacial score (nSPS) is 21.8. The first-order valence-corrected chi connectivity index (χ1v) is 7.69. The van der Waals surface area contributed by atoms with Gasteiger partial charge in [-0.25, -0.2) is 12.8 Å². The number of hydrogen-bond donors (Lipinski definition) is 2. The maximum absolute atomic E-state index is 12.8. The van der Waals surface area contributed by atoms with Gasteiger partial charge in [-0.05, 0) is 25.0 Å². The van der Waals surface area contributed by atoms with Crippen molar-refractivity contribution in [1.82, 2.24) is 5.32 Å². The summed E-state index contributed by atoms with van der Waals surface area (Å²) in [5.74, 6) is -1.66. The van der Waals surface area contributed by atoms with Crippen molar-refractivity contribution in [3.05, 3.63) is 29.6 Å². The van der Waals surface area contributed by atoms with Crippen molar-refractivity contribution in [2.75, 3.05) is 11.5 Å². The van der Waals surface area contributed by atoms with E-state index in [1.54, 1.807) is 0 Å². The van der Waals surface area contributed by atoms with E-state index in [0.717, 1.165) is 18.2 Å². The lowest BCUT2D eigenvalue weighted by atomic mass is 10.1. The summed E-state index contributed by atoms with van der Waals surface area (Å²) in [4.78, 5) is 11.9. The van der Waals surface area contributed by atoms with Crippen molar-refractivity contribution in [2.45, 2.75) is 18.9 Å². The number of benzene rings is 1. The van der Waals surface area contributed by atoms with E-state index < -0.39 is 33.4 Å². The first kappa shape index (κ1) is 13.8. The quantitative estimate of drug-likeness (QED) is 0.844. The van der Waals surface area contributed by atoms with Crippen LogP contribution in [0.3, 0.4) is 0 Å². The van der Waals surface area contributed by atoms with E-state index in [4.69, 9.17) is 0 Å². The monoisotopic (exact) mass is 287 g/mol. The highest BCUT2D eigenvalue weighted by Gasteiger charge is 2.26. The third-order valence-corrected chi connectivity index (χ3v) is 4.82. The van der Waals surface area contributed by atoms with Gasteiger partial charge < -0.3 is 10.4 Å². The van der Waals surface area contributed by atoms with Crippen molar-refractivity contribution in [1.29, 1.82) is 0 Å². The number of aromatic hydroxyl groups is 1. The fourth-order valence-corrected chi connectivity index (χ4v) is 3.73. The van der Waals surface area contributed by atoms with Crippen molar-refractivity contribution in [3.8, 4) is 5.75 Å². The summed E-state index contributed by atoms with van der Waals surface area (Å²) in [6.45, 7) is 0. The highest BCUT2D eigenvalue weighted by Crippen LogP contribution is 2.19. The summed E-state index contributed by atoms with van der Waals surface area (Å²) < 4.78 is 35.7. The number of carbonyl (C=O) groups is 1. The van der Waals surface area contributed by atoms with Crippen molar-refractivity contribution >= 4 is 15.7 Å². The molecular formula is C12H14FNO4S. The van der Waals surface area contributed by atoms with E-state index in [2.05, 4.69) is 5.32 Å². The minimum Gasteiger partial charge on any atom is -0.507 e.